The van der Waals surface area contributed by atoms with Crippen molar-refractivity contribution < 1.29 is 18.8 Å². The molecule has 0 aliphatic rings. The van der Waals surface area contributed by atoms with Gasteiger partial charge in [0.2, 0.25) is 11.8 Å². The van der Waals surface area contributed by atoms with Crippen molar-refractivity contribution in [2.45, 2.75) is 46.5 Å². The summed E-state index contributed by atoms with van der Waals surface area (Å²) >= 11 is 6.21. The molecular formula is C20H27ClN4O4. The number of nitrogens with one attached hydrogen (secondary N) is 1. The van der Waals surface area contributed by atoms with Gasteiger partial charge in [0.1, 0.15) is 5.75 Å². The molecule has 1 heterocycles. The van der Waals surface area contributed by atoms with Crippen LogP contribution in [0.25, 0.3) is 0 Å². The van der Waals surface area contributed by atoms with Gasteiger partial charge in [0.05, 0.1) is 5.02 Å². The molecule has 158 valence electrons. The van der Waals surface area contributed by atoms with Crippen LogP contribution in [0.1, 0.15) is 51.7 Å². The summed E-state index contributed by atoms with van der Waals surface area (Å²) in [5.74, 6) is 1.32. The highest BCUT2D eigenvalue weighted by molar-refractivity contribution is 6.32. The lowest BCUT2D eigenvalue weighted by atomic mass is 10.2. The second-order valence-electron chi connectivity index (χ2n) is 6.75. The Balaban J connectivity index is 1.85. The number of halogens is 1. The standard InChI is InChI=1S/C20H27ClN4O4/c1-5-25(6-2)19(27)12-28-16-8-7-14(11-15(16)21)22-17(26)9-10-18-23-20(13(3)4)24-29-18/h7-8,11,13H,5-6,9-10,12H2,1-4H3,(H,22,26). The second-order valence-corrected chi connectivity index (χ2v) is 7.16. The number of aryl methyl sites for hydroxylation is 1. The van der Waals surface area contributed by atoms with E-state index in [2.05, 4.69) is 15.5 Å². The first-order valence-corrected chi connectivity index (χ1v) is 10.0. The van der Waals surface area contributed by atoms with Gasteiger partial charge < -0.3 is 19.5 Å². The van der Waals surface area contributed by atoms with Crippen LogP contribution in [0.15, 0.2) is 22.7 Å². The largest absolute Gasteiger partial charge is 0.482 e. The number of likely N-dealkylation sites (N-methyl/N-ethyl adjacent to an activating group) is 1. The van der Waals surface area contributed by atoms with Crippen molar-refractivity contribution in [3.05, 3.63) is 34.9 Å². The maximum atomic E-state index is 12.2. The average Bonchev–Trinajstić information content (AvgIpc) is 3.16. The van der Waals surface area contributed by atoms with E-state index in [0.717, 1.165) is 0 Å². The lowest BCUT2D eigenvalue weighted by molar-refractivity contribution is -0.133. The molecule has 2 aromatic rings. The van der Waals surface area contributed by atoms with E-state index in [-0.39, 0.29) is 30.8 Å². The van der Waals surface area contributed by atoms with Gasteiger partial charge in [-0.15, -0.1) is 0 Å². The number of nitrogens with zero attached hydrogens (tertiary/aromatic N) is 3. The molecule has 1 aromatic heterocycles. The summed E-state index contributed by atoms with van der Waals surface area (Å²) in [5.41, 5.74) is 0.538. The summed E-state index contributed by atoms with van der Waals surface area (Å²) in [6, 6.07) is 4.88. The third-order valence-electron chi connectivity index (χ3n) is 4.25. The molecule has 0 aliphatic heterocycles. The quantitative estimate of drug-likeness (QED) is 0.627. The van der Waals surface area contributed by atoms with Crippen molar-refractivity contribution >= 4 is 29.1 Å². The molecule has 0 radical (unpaired) electrons. The maximum Gasteiger partial charge on any atom is 0.260 e. The highest BCUT2D eigenvalue weighted by atomic mass is 35.5. The fourth-order valence-corrected chi connectivity index (χ4v) is 2.79. The molecule has 0 saturated carbocycles. The van der Waals surface area contributed by atoms with Crippen LogP contribution in [-0.2, 0) is 16.0 Å². The highest BCUT2D eigenvalue weighted by Crippen LogP contribution is 2.28. The van der Waals surface area contributed by atoms with E-state index >= 15 is 0 Å². The number of carbonyl (C=O) groups is 2. The minimum Gasteiger partial charge on any atom is -0.482 e. The van der Waals surface area contributed by atoms with Gasteiger partial charge in [0.25, 0.3) is 5.91 Å². The number of carbonyl (C=O) groups excluding carboxylic acids is 2. The molecule has 1 aromatic carbocycles. The smallest absolute Gasteiger partial charge is 0.260 e. The van der Waals surface area contributed by atoms with E-state index in [1.807, 2.05) is 27.7 Å². The Bertz CT molecular complexity index is 834. The van der Waals surface area contributed by atoms with Gasteiger partial charge in [-0.2, -0.15) is 4.98 Å². The van der Waals surface area contributed by atoms with Gasteiger partial charge in [-0.25, -0.2) is 0 Å². The Labute approximate surface area is 175 Å². The maximum absolute atomic E-state index is 12.2. The molecular weight excluding hydrogens is 396 g/mol. The van der Waals surface area contributed by atoms with Crippen molar-refractivity contribution in [3.8, 4) is 5.75 Å². The van der Waals surface area contributed by atoms with Crippen LogP contribution in [0.5, 0.6) is 5.75 Å². The zero-order valence-corrected chi connectivity index (χ0v) is 18.0. The number of amides is 2. The molecule has 0 atom stereocenters. The lowest BCUT2D eigenvalue weighted by Crippen LogP contribution is -2.34. The molecule has 8 nitrogen and oxygen atoms in total. The first kappa shape index (κ1) is 22.7. The van der Waals surface area contributed by atoms with Gasteiger partial charge in [0, 0.05) is 37.5 Å². The molecule has 0 unspecified atom stereocenters. The molecule has 2 rings (SSSR count). The van der Waals surface area contributed by atoms with Crippen molar-refractivity contribution in [2.24, 2.45) is 0 Å². The molecule has 2 amide bonds. The van der Waals surface area contributed by atoms with Gasteiger partial charge in [-0.3, -0.25) is 9.59 Å². The van der Waals surface area contributed by atoms with Gasteiger partial charge >= 0.3 is 0 Å². The lowest BCUT2D eigenvalue weighted by Gasteiger charge is -2.19. The second kappa shape index (κ2) is 10.8. The van der Waals surface area contributed by atoms with Crippen molar-refractivity contribution in [1.82, 2.24) is 15.0 Å². The minimum absolute atomic E-state index is 0.0876. The number of ether oxygens (including phenoxy) is 1. The van der Waals surface area contributed by atoms with E-state index in [1.165, 1.54) is 0 Å². The van der Waals surface area contributed by atoms with E-state index in [1.54, 1.807) is 23.1 Å². The Hall–Kier alpha value is -2.61. The number of anilines is 1. The third kappa shape index (κ3) is 6.74. The van der Waals surface area contributed by atoms with Gasteiger partial charge in [-0.05, 0) is 32.0 Å². The Kier molecular flexibility index (Phi) is 8.45. The summed E-state index contributed by atoms with van der Waals surface area (Å²) in [7, 11) is 0. The molecule has 0 bridgehead atoms. The fourth-order valence-electron chi connectivity index (χ4n) is 2.55. The van der Waals surface area contributed by atoms with Crippen molar-refractivity contribution in [1.29, 1.82) is 0 Å². The van der Waals surface area contributed by atoms with Crippen LogP contribution in [0, 0.1) is 0 Å². The topological polar surface area (TPSA) is 97.6 Å². The van der Waals surface area contributed by atoms with Gasteiger partial charge in [0.15, 0.2) is 12.4 Å². The first-order chi connectivity index (χ1) is 13.8. The van der Waals surface area contributed by atoms with Crippen molar-refractivity contribution in [3.63, 3.8) is 0 Å². The number of hydrogen-bond donors (Lipinski definition) is 1. The Morgan fingerprint density at radius 2 is 2.00 bits per heavy atom. The zero-order chi connectivity index (χ0) is 21.4. The van der Waals surface area contributed by atoms with E-state index < -0.39 is 0 Å². The summed E-state index contributed by atoms with van der Waals surface area (Å²) in [6.07, 6.45) is 0.557. The average molecular weight is 423 g/mol. The van der Waals surface area contributed by atoms with Crippen LogP contribution in [0.2, 0.25) is 5.02 Å². The summed E-state index contributed by atoms with van der Waals surface area (Å²) in [6.45, 7) is 8.92. The predicted octanol–water partition coefficient (Wildman–Crippen LogP) is 3.66. The Morgan fingerprint density at radius 3 is 2.59 bits per heavy atom. The SMILES string of the molecule is CCN(CC)C(=O)COc1ccc(NC(=O)CCc2nc(C(C)C)no2)cc1Cl. The fraction of sp³-hybridized carbons (Fsp3) is 0.500. The normalized spacial score (nSPS) is 10.8. The van der Waals surface area contributed by atoms with Crippen LogP contribution in [0.4, 0.5) is 5.69 Å². The van der Waals surface area contributed by atoms with E-state index in [4.69, 9.17) is 20.9 Å². The van der Waals surface area contributed by atoms with Crippen molar-refractivity contribution in [2.75, 3.05) is 25.0 Å². The number of rotatable bonds is 10. The predicted molar refractivity (Wildman–Crippen MR) is 110 cm³/mol. The zero-order valence-electron chi connectivity index (χ0n) is 17.2. The summed E-state index contributed by atoms with van der Waals surface area (Å²) in [5, 5.41) is 6.95. The summed E-state index contributed by atoms with van der Waals surface area (Å²) in [4.78, 5) is 30.1. The first-order valence-electron chi connectivity index (χ1n) is 9.66. The number of benzene rings is 1. The monoisotopic (exact) mass is 422 g/mol. The minimum atomic E-state index is -0.198. The number of aromatic nitrogens is 2. The van der Waals surface area contributed by atoms with E-state index in [0.29, 0.717) is 47.7 Å². The van der Waals surface area contributed by atoms with Crippen LogP contribution < -0.4 is 10.1 Å². The molecule has 9 heteroatoms. The molecule has 0 fully saturated rings. The third-order valence-corrected chi connectivity index (χ3v) is 4.54. The number of hydrogen-bond acceptors (Lipinski definition) is 6. The molecule has 1 N–H and O–H groups in total. The molecule has 0 saturated heterocycles. The van der Waals surface area contributed by atoms with E-state index in [9.17, 15) is 9.59 Å². The van der Waals surface area contributed by atoms with Crippen LogP contribution in [-0.4, -0.2) is 46.6 Å². The highest BCUT2D eigenvalue weighted by Gasteiger charge is 2.14. The van der Waals surface area contributed by atoms with Crippen LogP contribution >= 0.6 is 11.6 Å². The van der Waals surface area contributed by atoms with Crippen LogP contribution in [0.3, 0.4) is 0 Å². The Morgan fingerprint density at radius 1 is 1.28 bits per heavy atom. The molecule has 0 spiro atoms. The summed E-state index contributed by atoms with van der Waals surface area (Å²) < 4.78 is 10.6. The molecule has 0 aliphatic carbocycles. The molecule has 29 heavy (non-hydrogen) atoms. The van der Waals surface area contributed by atoms with Gasteiger partial charge in [-0.1, -0.05) is 30.6 Å².